The number of nitrogens with zero attached hydrogens (tertiary/aromatic N) is 2. The number of aryl methyl sites for hydroxylation is 1. The summed E-state index contributed by atoms with van der Waals surface area (Å²) in [6.45, 7) is 5.95. The van der Waals surface area contributed by atoms with Crippen molar-refractivity contribution in [1.29, 1.82) is 0 Å². The Morgan fingerprint density at radius 3 is 2.89 bits per heavy atom. The van der Waals surface area contributed by atoms with Crippen molar-refractivity contribution < 1.29 is 4.79 Å². The van der Waals surface area contributed by atoms with Gasteiger partial charge in [0, 0.05) is 19.2 Å². The summed E-state index contributed by atoms with van der Waals surface area (Å²) < 4.78 is 0. The SMILES string of the molecule is CCCCN(C)CCC(=O)Nc1ncccc1C. The fraction of sp³-hybridized carbons (Fsp3) is 0.571. The summed E-state index contributed by atoms with van der Waals surface area (Å²) in [6.07, 6.45) is 4.56. The molecule has 0 saturated carbocycles. The molecule has 100 valence electrons. The lowest BCUT2D eigenvalue weighted by molar-refractivity contribution is -0.116. The number of rotatable bonds is 7. The van der Waals surface area contributed by atoms with Gasteiger partial charge >= 0.3 is 0 Å². The van der Waals surface area contributed by atoms with Crippen molar-refractivity contribution in [3.05, 3.63) is 23.9 Å². The molecule has 4 nitrogen and oxygen atoms in total. The number of nitrogens with one attached hydrogen (secondary N) is 1. The van der Waals surface area contributed by atoms with Gasteiger partial charge in [0.05, 0.1) is 0 Å². The number of carbonyl (C=O) groups is 1. The minimum atomic E-state index is 0.0279. The van der Waals surface area contributed by atoms with Gasteiger partial charge < -0.3 is 10.2 Å². The van der Waals surface area contributed by atoms with Crippen molar-refractivity contribution in [2.75, 3.05) is 25.5 Å². The lowest BCUT2D eigenvalue weighted by Crippen LogP contribution is -2.25. The zero-order chi connectivity index (χ0) is 13.4. The fourth-order valence-electron chi connectivity index (χ4n) is 1.64. The number of hydrogen-bond acceptors (Lipinski definition) is 3. The topological polar surface area (TPSA) is 45.2 Å². The van der Waals surface area contributed by atoms with Gasteiger partial charge in [0.25, 0.3) is 0 Å². The zero-order valence-electron chi connectivity index (χ0n) is 11.6. The largest absolute Gasteiger partial charge is 0.310 e. The van der Waals surface area contributed by atoms with Crippen LogP contribution in [0.3, 0.4) is 0 Å². The average molecular weight is 249 g/mol. The van der Waals surface area contributed by atoms with Crippen LogP contribution in [-0.2, 0) is 4.79 Å². The normalized spacial score (nSPS) is 10.7. The van der Waals surface area contributed by atoms with Crippen LogP contribution in [0.15, 0.2) is 18.3 Å². The molecule has 0 aliphatic heterocycles. The number of unbranched alkanes of at least 4 members (excludes halogenated alkanes) is 1. The Bertz CT molecular complexity index is 379. The summed E-state index contributed by atoms with van der Waals surface area (Å²) in [5.74, 6) is 0.693. The van der Waals surface area contributed by atoms with Crippen molar-refractivity contribution >= 4 is 11.7 Å². The van der Waals surface area contributed by atoms with Crippen molar-refractivity contribution in [2.24, 2.45) is 0 Å². The second kappa shape index (κ2) is 7.82. The van der Waals surface area contributed by atoms with E-state index in [4.69, 9.17) is 0 Å². The highest BCUT2D eigenvalue weighted by Gasteiger charge is 2.06. The van der Waals surface area contributed by atoms with Crippen molar-refractivity contribution in [2.45, 2.75) is 33.1 Å². The molecule has 0 aromatic carbocycles. The molecule has 1 rings (SSSR count). The van der Waals surface area contributed by atoms with Crippen molar-refractivity contribution in [3.8, 4) is 0 Å². The maximum absolute atomic E-state index is 11.8. The zero-order valence-corrected chi connectivity index (χ0v) is 11.6. The second-order valence-corrected chi connectivity index (χ2v) is 4.62. The molecular formula is C14H23N3O. The van der Waals surface area contributed by atoms with Crippen molar-refractivity contribution in [3.63, 3.8) is 0 Å². The van der Waals surface area contributed by atoms with E-state index in [1.165, 1.54) is 12.8 Å². The summed E-state index contributed by atoms with van der Waals surface area (Å²) in [7, 11) is 2.05. The minimum absolute atomic E-state index is 0.0279. The van der Waals surface area contributed by atoms with Gasteiger partial charge in [-0.3, -0.25) is 4.79 Å². The molecule has 1 amide bonds. The summed E-state index contributed by atoms with van der Waals surface area (Å²) in [5.41, 5.74) is 0.991. The monoisotopic (exact) mass is 249 g/mol. The Labute approximate surface area is 109 Å². The Balaban J connectivity index is 2.32. The van der Waals surface area contributed by atoms with Gasteiger partial charge in [0.2, 0.25) is 5.91 Å². The second-order valence-electron chi connectivity index (χ2n) is 4.62. The van der Waals surface area contributed by atoms with E-state index in [0.717, 1.165) is 18.7 Å². The maximum atomic E-state index is 11.8. The standard InChI is InChI=1S/C14H23N3O/c1-4-5-10-17(3)11-8-13(18)16-14-12(2)7-6-9-15-14/h6-7,9H,4-5,8,10-11H2,1-3H3,(H,15,16,18). The molecule has 0 radical (unpaired) electrons. The highest BCUT2D eigenvalue weighted by atomic mass is 16.1. The van der Waals surface area contributed by atoms with Gasteiger partial charge in [0.15, 0.2) is 0 Å². The predicted molar refractivity (Wildman–Crippen MR) is 74.6 cm³/mol. The van der Waals surface area contributed by atoms with Gasteiger partial charge in [-0.2, -0.15) is 0 Å². The van der Waals surface area contributed by atoms with Gasteiger partial charge in [0.1, 0.15) is 5.82 Å². The quantitative estimate of drug-likeness (QED) is 0.807. The van der Waals surface area contributed by atoms with Crippen LogP contribution in [0.2, 0.25) is 0 Å². The fourth-order valence-corrected chi connectivity index (χ4v) is 1.64. The van der Waals surface area contributed by atoms with E-state index in [1.54, 1.807) is 6.20 Å². The van der Waals surface area contributed by atoms with Crippen molar-refractivity contribution in [1.82, 2.24) is 9.88 Å². The molecule has 1 N–H and O–H groups in total. The highest BCUT2D eigenvalue weighted by molar-refractivity contribution is 5.90. The molecule has 0 fully saturated rings. The molecule has 0 saturated heterocycles. The smallest absolute Gasteiger partial charge is 0.226 e. The molecule has 0 aliphatic rings. The summed E-state index contributed by atoms with van der Waals surface area (Å²) in [6, 6.07) is 3.81. The molecule has 0 atom stereocenters. The first-order chi connectivity index (χ1) is 8.63. The Hall–Kier alpha value is -1.42. The minimum Gasteiger partial charge on any atom is -0.310 e. The predicted octanol–water partition coefficient (Wildman–Crippen LogP) is 2.45. The van der Waals surface area contributed by atoms with Crippen LogP contribution < -0.4 is 5.32 Å². The van der Waals surface area contributed by atoms with Gasteiger partial charge in [-0.25, -0.2) is 4.98 Å². The maximum Gasteiger partial charge on any atom is 0.226 e. The third-order valence-electron chi connectivity index (χ3n) is 2.88. The number of carbonyl (C=O) groups excluding carboxylic acids is 1. The molecule has 18 heavy (non-hydrogen) atoms. The molecule has 1 aromatic rings. The first-order valence-corrected chi connectivity index (χ1v) is 6.53. The van der Waals surface area contributed by atoms with Crippen LogP contribution in [0.4, 0.5) is 5.82 Å². The van der Waals surface area contributed by atoms with E-state index in [0.29, 0.717) is 12.2 Å². The van der Waals surface area contributed by atoms with Gasteiger partial charge in [-0.1, -0.05) is 19.4 Å². The lowest BCUT2D eigenvalue weighted by atomic mass is 10.2. The van der Waals surface area contributed by atoms with Crippen LogP contribution in [0.1, 0.15) is 31.7 Å². The first kappa shape index (κ1) is 14.6. The van der Waals surface area contributed by atoms with E-state index in [-0.39, 0.29) is 5.91 Å². The number of amides is 1. The highest BCUT2D eigenvalue weighted by Crippen LogP contribution is 2.09. The molecule has 0 bridgehead atoms. The first-order valence-electron chi connectivity index (χ1n) is 6.53. The molecule has 0 unspecified atom stereocenters. The number of anilines is 1. The van der Waals surface area contributed by atoms with Crippen LogP contribution in [0.5, 0.6) is 0 Å². The molecule has 0 spiro atoms. The average Bonchev–Trinajstić information content (AvgIpc) is 2.36. The van der Waals surface area contributed by atoms with Gasteiger partial charge in [-0.15, -0.1) is 0 Å². The molecular weight excluding hydrogens is 226 g/mol. The lowest BCUT2D eigenvalue weighted by Gasteiger charge is -2.15. The van der Waals surface area contributed by atoms with Crippen LogP contribution in [-0.4, -0.2) is 35.9 Å². The third-order valence-corrected chi connectivity index (χ3v) is 2.88. The molecule has 0 aliphatic carbocycles. The Kier molecular flexibility index (Phi) is 6.36. The van der Waals surface area contributed by atoms with Crippen LogP contribution >= 0.6 is 0 Å². The van der Waals surface area contributed by atoms with E-state index < -0.39 is 0 Å². The Morgan fingerprint density at radius 1 is 1.44 bits per heavy atom. The van der Waals surface area contributed by atoms with Gasteiger partial charge in [-0.05, 0) is 38.6 Å². The van der Waals surface area contributed by atoms with Crippen LogP contribution in [0, 0.1) is 6.92 Å². The number of pyridine rings is 1. The van der Waals surface area contributed by atoms with E-state index in [2.05, 4.69) is 29.2 Å². The number of hydrogen-bond donors (Lipinski definition) is 1. The summed E-state index contributed by atoms with van der Waals surface area (Å²) in [5, 5.41) is 2.84. The summed E-state index contributed by atoms with van der Waals surface area (Å²) in [4.78, 5) is 18.1. The van der Waals surface area contributed by atoms with E-state index >= 15 is 0 Å². The summed E-state index contributed by atoms with van der Waals surface area (Å²) >= 11 is 0. The number of aromatic nitrogens is 1. The van der Waals surface area contributed by atoms with E-state index in [1.807, 2.05) is 19.1 Å². The van der Waals surface area contributed by atoms with E-state index in [9.17, 15) is 4.79 Å². The molecule has 1 aromatic heterocycles. The Morgan fingerprint density at radius 2 is 2.22 bits per heavy atom. The van der Waals surface area contributed by atoms with Crippen LogP contribution in [0.25, 0.3) is 0 Å². The molecule has 1 heterocycles. The molecule has 4 heteroatoms. The third kappa shape index (κ3) is 5.27.